The normalized spacial score (nSPS) is 12.1. The van der Waals surface area contributed by atoms with Crippen LogP contribution in [0.3, 0.4) is 0 Å². The van der Waals surface area contributed by atoms with Gasteiger partial charge in [-0.2, -0.15) is 0 Å². The molecule has 2 amide bonds. The van der Waals surface area contributed by atoms with Crippen molar-refractivity contribution in [1.29, 1.82) is 0 Å². The molecular formula is C12H16N2O4. The summed E-state index contributed by atoms with van der Waals surface area (Å²) in [6.07, 6.45) is 5.07. The molecule has 18 heavy (non-hydrogen) atoms. The topological polar surface area (TPSA) is 95.5 Å². The van der Waals surface area contributed by atoms with Gasteiger partial charge >= 0.3 is 5.97 Å². The Kier molecular flexibility index (Phi) is 7.59. The summed E-state index contributed by atoms with van der Waals surface area (Å²) in [5.74, 6) is -1.73. The Balaban J connectivity index is 4.57. The van der Waals surface area contributed by atoms with Gasteiger partial charge in [-0.25, -0.2) is 4.79 Å². The molecule has 6 nitrogen and oxygen atoms in total. The third kappa shape index (κ3) is 6.26. The van der Waals surface area contributed by atoms with E-state index >= 15 is 0 Å². The van der Waals surface area contributed by atoms with Gasteiger partial charge in [0.15, 0.2) is 0 Å². The van der Waals surface area contributed by atoms with Crippen LogP contribution in [0, 0.1) is 0 Å². The molecule has 0 aromatic rings. The number of amides is 2. The monoisotopic (exact) mass is 252 g/mol. The maximum Gasteiger partial charge on any atom is 0.326 e. The number of aliphatic carboxylic acids is 1. The lowest BCUT2D eigenvalue weighted by atomic mass is 10.1. The van der Waals surface area contributed by atoms with Crippen LogP contribution in [0.5, 0.6) is 0 Å². The van der Waals surface area contributed by atoms with Gasteiger partial charge in [-0.15, -0.1) is 0 Å². The second kappa shape index (κ2) is 8.74. The summed E-state index contributed by atoms with van der Waals surface area (Å²) < 4.78 is 0. The third-order valence-electron chi connectivity index (χ3n) is 2.01. The van der Waals surface area contributed by atoms with Crippen molar-refractivity contribution in [1.82, 2.24) is 10.6 Å². The molecule has 1 unspecified atom stereocenters. The lowest BCUT2D eigenvalue weighted by molar-refractivity contribution is -0.141. The maximum atomic E-state index is 11.3. The first-order chi connectivity index (χ1) is 8.54. The Morgan fingerprint density at radius 2 is 2.00 bits per heavy atom. The number of carboxylic acid groups (broad SMARTS) is 1. The predicted molar refractivity (Wildman–Crippen MR) is 66.7 cm³/mol. The molecule has 0 bridgehead atoms. The van der Waals surface area contributed by atoms with Crippen LogP contribution >= 0.6 is 0 Å². The third-order valence-corrected chi connectivity index (χ3v) is 2.01. The van der Waals surface area contributed by atoms with E-state index in [1.807, 2.05) is 0 Å². The van der Waals surface area contributed by atoms with Gasteiger partial charge in [0, 0.05) is 6.42 Å². The standard InChI is InChI=1S/C12H16N2O4/c1-3-5-9(4-2)6-10(12(17)18)14-11(16)7-13-8-15/h3-5,8,10H,1-2,6-7H2,(H,13,15)(H,14,16)(H,17,18)/b9-5+. The van der Waals surface area contributed by atoms with E-state index in [2.05, 4.69) is 23.8 Å². The van der Waals surface area contributed by atoms with Crippen molar-refractivity contribution in [3.05, 3.63) is 37.0 Å². The molecule has 0 aliphatic carbocycles. The predicted octanol–water partition coefficient (Wildman–Crippen LogP) is -0.00970. The van der Waals surface area contributed by atoms with Gasteiger partial charge in [0.2, 0.25) is 12.3 Å². The van der Waals surface area contributed by atoms with Crippen LogP contribution < -0.4 is 10.6 Å². The van der Waals surface area contributed by atoms with E-state index in [1.165, 1.54) is 12.2 Å². The molecule has 98 valence electrons. The Morgan fingerprint density at radius 1 is 1.33 bits per heavy atom. The van der Waals surface area contributed by atoms with Crippen LogP contribution in [-0.4, -0.2) is 36.0 Å². The van der Waals surface area contributed by atoms with E-state index in [4.69, 9.17) is 5.11 Å². The molecular weight excluding hydrogens is 236 g/mol. The van der Waals surface area contributed by atoms with Crippen LogP contribution in [0.4, 0.5) is 0 Å². The highest BCUT2D eigenvalue weighted by Crippen LogP contribution is 2.07. The molecule has 0 fully saturated rings. The van der Waals surface area contributed by atoms with Gasteiger partial charge in [-0.3, -0.25) is 9.59 Å². The summed E-state index contributed by atoms with van der Waals surface area (Å²) in [5.41, 5.74) is 0.640. The number of carbonyl (C=O) groups is 3. The average Bonchev–Trinajstić information content (AvgIpc) is 2.34. The minimum absolute atomic E-state index is 0.0949. The van der Waals surface area contributed by atoms with Crippen molar-refractivity contribution in [2.24, 2.45) is 0 Å². The average molecular weight is 252 g/mol. The van der Waals surface area contributed by atoms with E-state index in [0.29, 0.717) is 12.0 Å². The van der Waals surface area contributed by atoms with E-state index in [1.54, 1.807) is 6.08 Å². The number of hydrogen-bond donors (Lipinski definition) is 3. The number of rotatable bonds is 9. The zero-order valence-electron chi connectivity index (χ0n) is 9.89. The molecule has 0 aromatic carbocycles. The van der Waals surface area contributed by atoms with Crippen LogP contribution in [0.1, 0.15) is 6.42 Å². The van der Waals surface area contributed by atoms with Gasteiger partial charge in [0.25, 0.3) is 0 Å². The summed E-state index contributed by atoms with van der Waals surface area (Å²) in [5, 5.41) is 13.4. The van der Waals surface area contributed by atoms with E-state index in [0.717, 1.165) is 0 Å². The van der Waals surface area contributed by atoms with Crippen molar-refractivity contribution >= 4 is 18.3 Å². The Hall–Kier alpha value is -2.37. The largest absolute Gasteiger partial charge is 0.480 e. The fraction of sp³-hybridized carbons (Fsp3) is 0.250. The highest BCUT2D eigenvalue weighted by molar-refractivity contribution is 5.85. The zero-order chi connectivity index (χ0) is 14.0. The fourth-order valence-electron chi connectivity index (χ4n) is 1.19. The molecule has 0 saturated carbocycles. The van der Waals surface area contributed by atoms with Crippen LogP contribution in [-0.2, 0) is 14.4 Å². The van der Waals surface area contributed by atoms with Crippen molar-refractivity contribution in [2.75, 3.05) is 6.54 Å². The van der Waals surface area contributed by atoms with Gasteiger partial charge in [-0.1, -0.05) is 31.4 Å². The lowest BCUT2D eigenvalue weighted by Crippen LogP contribution is -2.44. The van der Waals surface area contributed by atoms with Gasteiger partial charge in [-0.05, 0) is 5.57 Å². The van der Waals surface area contributed by atoms with Gasteiger partial charge < -0.3 is 15.7 Å². The van der Waals surface area contributed by atoms with E-state index < -0.39 is 17.9 Å². The molecule has 0 saturated heterocycles. The van der Waals surface area contributed by atoms with Crippen LogP contribution in [0.15, 0.2) is 37.0 Å². The maximum absolute atomic E-state index is 11.3. The van der Waals surface area contributed by atoms with Crippen LogP contribution in [0.25, 0.3) is 0 Å². The number of allylic oxidation sites excluding steroid dienone is 3. The Labute approximate surface area is 105 Å². The van der Waals surface area contributed by atoms with E-state index in [9.17, 15) is 14.4 Å². The van der Waals surface area contributed by atoms with Crippen molar-refractivity contribution < 1.29 is 19.5 Å². The number of nitrogens with one attached hydrogen (secondary N) is 2. The smallest absolute Gasteiger partial charge is 0.326 e. The van der Waals surface area contributed by atoms with Crippen molar-refractivity contribution in [3.63, 3.8) is 0 Å². The van der Waals surface area contributed by atoms with Crippen LogP contribution in [0.2, 0.25) is 0 Å². The highest BCUT2D eigenvalue weighted by atomic mass is 16.4. The number of hydrogen-bond acceptors (Lipinski definition) is 3. The molecule has 6 heteroatoms. The first kappa shape index (κ1) is 15.6. The quantitative estimate of drug-likeness (QED) is 0.397. The minimum atomic E-state index is -1.16. The summed E-state index contributed by atoms with van der Waals surface area (Å²) >= 11 is 0. The first-order valence-corrected chi connectivity index (χ1v) is 5.18. The van der Waals surface area contributed by atoms with Gasteiger partial charge in [0.1, 0.15) is 6.04 Å². The molecule has 0 aromatic heterocycles. The molecule has 0 radical (unpaired) electrons. The summed E-state index contributed by atoms with van der Waals surface area (Å²) in [7, 11) is 0. The summed E-state index contributed by atoms with van der Waals surface area (Å²) in [6.45, 7) is 6.77. The summed E-state index contributed by atoms with van der Waals surface area (Å²) in [4.78, 5) is 32.3. The van der Waals surface area contributed by atoms with Gasteiger partial charge in [0.05, 0.1) is 6.54 Å². The highest BCUT2D eigenvalue weighted by Gasteiger charge is 2.20. The van der Waals surface area contributed by atoms with Crippen molar-refractivity contribution in [3.8, 4) is 0 Å². The second-order valence-corrected chi connectivity index (χ2v) is 3.34. The Morgan fingerprint density at radius 3 is 2.44 bits per heavy atom. The number of carboxylic acids is 1. The molecule has 0 aliphatic rings. The number of carbonyl (C=O) groups excluding carboxylic acids is 2. The SMILES string of the molecule is C=C/C=C(\C=C)CC(NC(=O)CNC=O)C(=O)O. The molecule has 0 aliphatic heterocycles. The minimum Gasteiger partial charge on any atom is -0.480 e. The molecule has 0 rings (SSSR count). The molecule has 3 N–H and O–H groups in total. The molecule has 0 spiro atoms. The second-order valence-electron chi connectivity index (χ2n) is 3.34. The Bertz CT molecular complexity index is 374. The zero-order valence-corrected chi connectivity index (χ0v) is 9.89. The molecule has 0 heterocycles. The van der Waals surface area contributed by atoms with Crippen molar-refractivity contribution in [2.45, 2.75) is 12.5 Å². The summed E-state index contributed by atoms with van der Waals surface area (Å²) in [6, 6.07) is -1.07. The molecule has 1 atom stereocenters. The lowest BCUT2D eigenvalue weighted by Gasteiger charge is -2.14. The van der Waals surface area contributed by atoms with E-state index in [-0.39, 0.29) is 13.0 Å². The first-order valence-electron chi connectivity index (χ1n) is 5.18. The fourth-order valence-corrected chi connectivity index (χ4v) is 1.19.